The van der Waals surface area contributed by atoms with Gasteiger partial charge in [-0.3, -0.25) is 9.59 Å². The van der Waals surface area contributed by atoms with Crippen LogP contribution in [-0.2, 0) is 9.53 Å². The molecule has 1 atom stereocenters. The minimum atomic E-state index is -0.429. The van der Waals surface area contributed by atoms with Gasteiger partial charge in [0.2, 0.25) is 5.91 Å². The minimum Gasteiger partial charge on any atom is -0.382 e. The number of carbonyl (C=O) groups excluding carboxylic acids is 2. The zero-order valence-corrected chi connectivity index (χ0v) is 22.1. The number of anilines is 2. The normalized spacial score (nSPS) is 18.5. The summed E-state index contributed by atoms with van der Waals surface area (Å²) in [5.41, 5.74) is 9.82. The van der Waals surface area contributed by atoms with Gasteiger partial charge in [0, 0.05) is 42.4 Å². The van der Waals surface area contributed by atoms with E-state index in [1.54, 1.807) is 29.2 Å². The Kier molecular flexibility index (Phi) is 6.26. The molecule has 1 aromatic carbocycles. The first kappa shape index (κ1) is 25.0. The van der Waals surface area contributed by atoms with Crippen LogP contribution in [0.5, 0.6) is 0 Å². The molecule has 5 heterocycles. The number of benzene rings is 1. The van der Waals surface area contributed by atoms with Gasteiger partial charge in [0.15, 0.2) is 0 Å². The van der Waals surface area contributed by atoms with Crippen LogP contribution in [-0.4, -0.2) is 62.8 Å². The number of ether oxygens (including phenoxy) is 1. The van der Waals surface area contributed by atoms with Gasteiger partial charge < -0.3 is 20.7 Å². The van der Waals surface area contributed by atoms with Gasteiger partial charge in [-0.25, -0.2) is 14.6 Å². The fourth-order valence-corrected chi connectivity index (χ4v) is 5.44. The number of aromatic nitrogens is 4. The third kappa shape index (κ3) is 4.61. The zero-order chi connectivity index (χ0) is 27.1. The van der Waals surface area contributed by atoms with Gasteiger partial charge in [-0.2, -0.15) is 5.10 Å². The van der Waals surface area contributed by atoms with Gasteiger partial charge in [-0.05, 0) is 74.7 Å². The Balaban J connectivity index is 1.29. The van der Waals surface area contributed by atoms with Crippen molar-refractivity contribution in [3.8, 4) is 5.69 Å². The summed E-state index contributed by atoms with van der Waals surface area (Å²) in [5.74, 6) is 0.859. The maximum Gasteiger partial charge on any atom is 0.256 e. The molecule has 0 aliphatic carbocycles. The van der Waals surface area contributed by atoms with E-state index >= 15 is 0 Å². The van der Waals surface area contributed by atoms with Crippen LogP contribution in [0.4, 0.5) is 11.6 Å². The molecule has 0 saturated carbocycles. The van der Waals surface area contributed by atoms with Gasteiger partial charge in [-0.1, -0.05) is 0 Å². The van der Waals surface area contributed by atoms with Crippen molar-refractivity contribution in [3.05, 3.63) is 71.7 Å². The number of nitrogen functional groups attached to an aromatic ring is 1. The van der Waals surface area contributed by atoms with E-state index in [2.05, 4.69) is 15.3 Å². The van der Waals surface area contributed by atoms with Gasteiger partial charge in [0.05, 0.1) is 30.0 Å². The fourth-order valence-electron chi connectivity index (χ4n) is 5.44. The van der Waals surface area contributed by atoms with Crippen molar-refractivity contribution in [2.45, 2.75) is 32.6 Å². The largest absolute Gasteiger partial charge is 0.382 e. The molecule has 2 fully saturated rings. The standard InChI is InChI=1S/C29H31N7O3/c1-18-9-11-31-23(14-18)33-27(37)19-5-7-21(8-6-19)36-25-22(10-12-32-26(25)30)24(34-36)20-4-3-13-35(15-20)28(38)29(2)16-39-17-29/h5-12,14,20H,3-4,13,15-17H2,1-2H3,(H2,30,32)(H,31,33,37). The van der Waals surface area contributed by atoms with Crippen LogP contribution in [0.2, 0.25) is 0 Å². The number of likely N-dealkylation sites (tertiary alicyclic amines) is 1. The Morgan fingerprint density at radius 2 is 1.87 bits per heavy atom. The molecule has 0 spiro atoms. The number of hydrogen-bond donors (Lipinski definition) is 2. The first-order chi connectivity index (χ1) is 18.8. The molecular formula is C29H31N7O3. The molecule has 0 radical (unpaired) electrons. The molecule has 0 bridgehead atoms. The van der Waals surface area contributed by atoms with Crippen LogP contribution < -0.4 is 11.1 Å². The monoisotopic (exact) mass is 525 g/mol. The molecule has 3 N–H and O–H groups in total. The van der Waals surface area contributed by atoms with Crippen LogP contribution in [0.3, 0.4) is 0 Å². The molecule has 2 amide bonds. The number of carbonyl (C=O) groups is 2. The van der Waals surface area contributed by atoms with E-state index in [0.29, 0.717) is 37.0 Å². The molecule has 2 saturated heterocycles. The second-order valence-corrected chi connectivity index (χ2v) is 10.8. The predicted molar refractivity (Wildman–Crippen MR) is 148 cm³/mol. The van der Waals surface area contributed by atoms with Gasteiger partial charge >= 0.3 is 0 Å². The number of rotatable bonds is 5. The van der Waals surface area contributed by atoms with E-state index in [9.17, 15) is 9.59 Å². The van der Waals surface area contributed by atoms with Crippen molar-refractivity contribution in [2.24, 2.45) is 5.41 Å². The second kappa shape index (κ2) is 9.77. The number of nitrogens with two attached hydrogens (primary N) is 1. The quantitative estimate of drug-likeness (QED) is 0.407. The maximum atomic E-state index is 13.2. The Labute approximate surface area is 226 Å². The van der Waals surface area contributed by atoms with E-state index in [4.69, 9.17) is 15.6 Å². The summed E-state index contributed by atoms with van der Waals surface area (Å²) in [4.78, 5) is 36.5. The highest BCUT2D eigenvalue weighted by Gasteiger charge is 2.44. The van der Waals surface area contributed by atoms with Gasteiger partial charge in [0.1, 0.15) is 17.2 Å². The number of piperidine rings is 1. The number of amides is 2. The van der Waals surface area contributed by atoms with Crippen LogP contribution in [0, 0.1) is 12.3 Å². The van der Waals surface area contributed by atoms with Gasteiger partial charge in [0.25, 0.3) is 5.91 Å². The number of aryl methyl sites for hydroxylation is 1. The van der Waals surface area contributed by atoms with Crippen molar-refractivity contribution in [2.75, 3.05) is 37.4 Å². The van der Waals surface area contributed by atoms with Crippen molar-refractivity contribution < 1.29 is 14.3 Å². The van der Waals surface area contributed by atoms with Crippen LogP contribution >= 0.6 is 0 Å². The number of nitrogens with one attached hydrogen (secondary N) is 1. The lowest BCUT2D eigenvalue weighted by atomic mass is 9.85. The highest BCUT2D eigenvalue weighted by Crippen LogP contribution is 2.37. The summed E-state index contributed by atoms with van der Waals surface area (Å²) in [6, 6.07) is 12.8. The Morgan fingerprint density at radius 1 is 1.10 bits per heavy atom. The molecule has 200 valence electrons. The summed E-state index contributed by atoms with van der Waals surface area (Å²) in [7, 11) is 0. The lowest BCUT2D eigenvalue weighted by Gasteiger charge is -2.42. The molecular weight excluding hydrogens is 494 g/mol. The lowest BCUT2D eigenvalue weighted by Crippen LogP contribution is -2.55. The molecule has 4 aromatic rings. The van der Waals surface area contributed by atoms with E-state index in [1.165, 1.54) is 0 Å². The second-order valence-electron chi connectivity index (χ2n) is 10.8. The molecule has 10 nitrogen and oxygen atoms in total. The Bertz CT molecular complexity index is 1560. The summed E-state index contributed by atoms with van der Waals surface area (Å²) in [5, 5.41) is 8.77. The summed E-state index contributed by atoms with van der Waals surface area (Å²) in [6.07, 6.45) is 5.19. The highest BCUT2D eigenvalue weighted by atomic mass is 16.5. The van der Waals surface area contributed by atoms with Crippen LogP contribution in [0.15, 0.2) is 54.9 Å². The fraction of sp³-hybridized carbons (Fsp3) is 0.345. The van der Waals surface area contributed by atoms with Crippen molar-refractivity contribution in [1.29, 1.82) is 0 Å². The van der Waals surface area contributed by atoms with Crippen molar-refractivity contribution in [1.82, 2.24) is 24.6 Å². The lowest BCUT2D eigenvalue weighted by molar-refractivity contribution is -0.169. The summed E-state index contributed by atoms with van der Waals surface area (Å²) < 4.78 is 7.12. The number of pyridine rings is 2. The molecule has 3 aromatic heterocycles. The third-order valence-electron chi connectivity index (χ3n) is 7.63. The average molecular weight is 526 g/mol. The van der Waals surface area contributed by atoms with E-state index in [1.807, 2.05) is 49.1 Å². The third-order valence-corrected chi connectivity index (χ3v) is 7.63. The van der Waals surface area contributed by atoms with Crippen molar-refractivity contribution >= 4 is 34.4 Å². The topological polar surface area (TPSA) is 128 Å². The molecule has 2 aliphatic heterocycles. The average Bonchev–Trinajstić information content (AvgIpc) is 3.32. The molecule has 10 heteroatoms. The van der Waals surface area contributed by atoms with Gasteiger partial charge in [-0.15, -0.1) is 0 Å². The minimum absolute atomic E-state index is 0.0738. The van der Waals surface area contributed by atoms with E-state index < -0.39 is 5.41 Å². The Hall–Kier alpha value is -4.31. The zero-order valence-electron chi connectivity index (χ0n) is 22.1. The number of hydrogen-bond acceptors (Lipinski definition) is 7. The highest BCUT2D eigenvalue weighted by molar-refractivity contribution is 6.04. The molecule has 6 rings (SSSR count). The van der Waals surface area contributed by atoms with Crippen molar-refractivity contribution in [3.63, 3.8) is 0 Å². The summed E-state index contributed by atoms with van der Waals surface area (Å²) >= 11 is 0. The summed E-state index contributed by atoms with van der Waals surface area (Å²) in [6.45, 7) is 6.22. The predicted octanol–water partition coefficient (Wildman–Crippen LogP) is 3.70. The number of fused-ring (bicyclic) bond motifs is 1. The maximum absolute atomic E-state index is 13.2. The first-order valence-corrected chi connectivity index (χ1v) is 13.2. The Morgan fingerprint density at radius 3 is 2.59 bits per heavy atom. The molecule has 1 unspecified atom stereocenters. The van der Waals surface area contributed by atoms with Crippen LogP contribution in [0.1, 0.15) is 47.3 Å². The van der Waals surface area contributed by atoms with E-state index in [0.717, 1.165) is 47.2 Å². The SMILES string of the molecule is Cc1ccnc(NC(=O)c2ccc(-n3nc(C4CCCN(C(=O)C5(C)COC5)C4)c4ccnc(N)c43)cc2)c1. The molecule has 39 heavy (non-hydrogen) atoms. The first-order valence-electron chi connectivity index (χ1n) is 13.2. The number of nitrogens with zero attached hydrogens (tertiary/aromatic N) is 5. The van der Waals surface area contributed by atoms with Crippen LogP contribution in [0.25, 0.3) is 16.6 Å². The molecule has 2 aliphatic rings. The van der Waals surface area contributed by atoms with E-state index in [-0.39, 0.29) is 17.7 Å². The smallest absolute Gasteiger partial charge is 0.256 e.